The highest BCUT2D eigenvalue weighted by Crippen LogP contribution is 2.32. The van der Waals surface area contributed by atoms with E-state index in [0.717, 1.165) is 49.0 Å². The standard InChI is InChI=1S/C22H22F2N4OS/c1-13-8-10-28(11-9-13)18-7-6-15(12-25-18)27-21(29)20-14(2)26-22(30-20)19-16(23)4-3-5-17(19)24/h3-7,12-13H,8-11H2,1-2H3,(H,27,29). The fourth-order valence-electron chi connectivity index (χ4n) is 3.49. The molecule has 1 saturated heterocycles. The van der Waals surface area contributed by atoms with Gasteiger partial charge in [-0.25, -0.2) is 18.7 Å². The molecule has 3 aromatic rings. The van der Waals surface area contributed by atoms with Gasteiger partial charge in [-0.2, -0.15) is 0 Å². The summed E-state index contributed by atoms with van der Waals surface area (Å²) in [5.41, 5.74) is 0.759. The van der Waals surface area contributed by atoms with Crippen LogP contribution in [0.15, 0.2) is 36.5 Å². The Balaban J connectivity index is 1.49. The monoisotopic (exact) mass is 428 g/mol. The molecule has 1 amide bonds. The zero-order valence-corrected chi connectivity index (χ0v) is 17.6. The fourth-order valence-corrected chi connectivity index (χ4v) is 4.50. The Morgan fingerprint density at radius 2 is 1.87 bits per heavy atom. The van der Waals surface area contributed by atoms with Gasteiger partial charge >= 0.3 is 0 Å². The molecule has 0 bridgehead atoms. The maximum atomic E-state index is 14.1. The molecule has 0 atom stereocenters. The summed E-state index contributed by atoms with van der Waals surface area (Å²) in [6, 6.07) is 7.34. The molecular weight excluding hydrogens is 406 g/mol. The van der Waals surface area contributed by atoms with E-state index in [2.05, 4.69) is 27.1 Å². The second kappa shape index (κ2) is 8.47. The summed E-state index contributed by atoms with van der Waals surface area (Å²) in [6.07, 6.45) is 3.92. The number of piperidine rings is 1. The third kappa shape index (κ3) is 4.18. The van der Waals surface area contributed by atoms with Gasteiger partial charge in [-0.3, -0.25) is 4.79 Å². The molecule has 2 aromatic heterocycles. The lowest BCUT2D eigenvalue weighted by Crippen LogP contribution is -2.33. The molecule has 8 heteroatoms. The quantitative estimate of drug-likeness (QED) is 0.614. The van der Waals surface area contributed by atoms with Crippen molar-refractivity contribution in [3.63, 3.8) is 0 Å². The van der Waals surface area contributed by atoms with Crippen LogP contribution in [0.3, 0.4) is 0 Å². The maximum absolute atomic E-state index is 14.1. The summed E-state index contributed by atoms with van der Waals surface area (Å²) < 4.78 is 28.1. The van der Waals surface area contributed by atoms with Crippen molar-refractivity contribution in [2.45, 2.75) is 26.7 Å². The van der Waals surface area contributed by atoms with Crippen molar-refractivity contribution in [1.82, 2.24) is 9.97 Å². The SMILES string of the molecule is Cc1nc(-c2c(F)cccc2F)sc1C(=O)Nc1ccc(N2CCC(C)CC2)nc1. The highest BCUT2D eigenvalue weighted by molar-refractivity contribution is 7.17. The number of carbonyl (C=O) groups is 1. The summed E-state index contributed by atoms with van der Waals surface area (Å²) in [5, 5.41) is 2.93. The van der Waals surface area contributed by atoms with Crippen molar-refractivity contribution in [1.29, 1.82) is 0 Å². The molecule has 1 aromatic carbocycles. The Hall–Kier alpha value is -2.87. The first kappa shape index (κ1) is 20.4. The summed E-state index contributed by atoms with van der Waals surface area (Å²) in [4.78, 5) is 23.9. The number of aryl methyl sites for hydroxylation is 1. The Bertz CT molecular complexity index is 1040. The van der Waals surface area contributed by atoms with Gasteiger partial charge in [-0.05, 0) is 49.9 Å². The number of hydrogen-bond donors (Lipinski definition) is 1. The number of nitrogens with zero attached hydrogens (tertiary/aromatic N) is 3. The Kier molecular flexibility index (Phi) is 5.76. The number of rotatable bonds is 4. The zero-order valence-electron chi connectivity index (χ0n) is 16.8. The molecule has 156 valence electrons. The van der Waals surface area contributed by atoms with Crippen LogP contribution in [0.1, 0.15) is 35.1 Å². The number of benzene rings is 1. The van der Waals surface area contributed by atoms with Gasteiger partial charge < -0.3 is 10.2 Å². The number of nitrogens with one attached hydrogen (secondary N) is 1. The second-order valence-electron chi connectivity index (χ2n) is 7.56. The Morgan fingerprint density at radius 3 is 2.50 bits per heavy atom. The molecule has 1 aliphatic heterocycles. The first-order chi connectivity index (χ1) is 14.4. The summed E-state index contributed by atoms with van der Waals surface area (Å²) in [7, 11) is 0. The number of anilines is 2. The number of thiazole rings is 1. The third-order valence-electron chi connectivity index (χ3n) is 5.29. The van der Waals surface area contributed by atoms with Crippen molar-refractivity contribution >= 4 is 28.7 Å². The Morgan fingerprint density at radius 1 is 1.17 bits per heavy atom. The molecule has 30 heavy (non-hydrogen) atoms. The molecule has 0 radical (unpaired) electrons. The van der Waals surface area contributed by atoms with Gasteiger partial charge in [-0.1, -0.05) is 13.0 Å². The lowest BCUT2D eigenvalue weighted by Gasteiger charge is -2.31. The lowest BCUT2D eigenvalue weighted by molar-refractivity contribution is 0.102. The number of amides is 1. The molecule has 1 N–H and O–H groups in total. The molecule has 4 rings (SSSR count). The van der Waals surface area contributed by atoms with E-state index < -0.39 is 11.6 Å². The van der Waals surface area contributed by atoms with E-state index in [1.165, 1.54) is 18.2 Å². The molecule has 1 aliphatic rings. The number of hydrogen-bond acceptors (Lipinski definition) is 5. The molecule has 0 aliphatic carbocycles. The molecule has 0 spiro atoms. The highest BCUT2D eigenvalue weighted by Gasteiger charge is 2.21. The van der Waals surface area contributed by atoms with Gasteiger partial charge in [0.1, 0.15) is 27.3 Å². The van der Waals surface area contributed by atoms with Gasteiger partial charge in [0.2, 0.25) is 0 Å². The maximum Gasteiger partial charge on any atom is 0.267 e. The first-order valence-corrected chi connectivity index (χ1v) is 10.7. The van der Waals surface area contributed by atoms with Crippen LogP contribution in [-0.4, -0.2) is 29.0 Å². The summed E-state index contributed by atoms with van der Waals surface area (Å²) >= 11 is 0.963. The van der Waals surface area contributed by atoms with E-state index in [4.69, 9.17) is 0 Å². The minimum atomic E-state index is -0.706. The van der Waals surface area contributed by atoms with Gasteiger partial charge in [0, 0.05) is 13.1 Å². The topological polar surface area (TPSA) is 58.1 Å². The van der Waals surface area contributed by atoms with E-state index >= 15 is 0 Å². The van der Waals surface area contributed by atoms with E-state index in [1.807, 2.05) is 12.1 Å². The molecular formula is C22H22F2N4OS. The van der Waals surface area contributed by atoms with Crippen LogP contribution < -0.4 is 10.2 Å². The van der Waals surface area contributed by atoms with Crippen molar-refractivity contribution < 1.29 is 13.6 Å². The molecule has 3 heterocycles. The highest BCUT2D eigenvalue weighted by atomic mass is 32.1. The number of pyridine rings is 1. The van der Waals surface area contributed by atoms with Crippen molar-refractivity contribution in [3.8, 4) is 10.6 Å². The van der Waals surface area contributed by atoms with Crippen LogP contribution in [-0.2, 0) is 0 Å². The predicted octanol–water partition coefficient (Wildman–Crippen LogP) is 5.28. The van der Waals surface area contributed by atoms with Crippen molar-refractivity contribution in [2.24, 2.45) is 5.92 Å². The fraction of sp³-hybridized carbons (Fsp3) is 0.318. The van der Waals surface area contributed by atoms with E-state index in [-0.39, 0.29) is 16.5 Å². The molecule has 1 fully saturated rings. The number of carbonyl (C=O) groups excluding carboxylic acids is 1. The van der Waals surface area contributed by atoms with Crippen LogP contribution in [0.2, 0.25) is 0 Å². The summed E-state index contributed by atoms with van der Waals surface area (Å²) in [5.74, 6) is -0.157. The average Bonchev–Trinajstić information content (AvgIpc) is 3.10. The smallest absolute Gasteiger partial charge is 0.267 e. The van der Waals surface area contributed by atoms with Crippen LogP contribution in [0.5, 0.6) is 0 Å². The summed E-state index contributed by atoms with van der Waals surface area (Å²) in [6.45, 7) is 5.87. The van der Waals surface area contributed by atoms with Gasteiger partial charge in [0.15, 0.2) is 0 Å². The largest absolute Gasteiger partial charge is 0.357 e. The van der Waals surface area contributed by atoms with Crippen LogP contribution in [0, 0.1) is 24.5 Å². The van der Waals surface area contributed by atoms with Crippen LogP contribution in [0.4, 0.5) is 20.3 Å². The molecule has 0 unspecified atom stereocenters. The minimum absolute atomic E-state index is 0.140. The molecule has 0 saturated carbocycles. The first-order valence-electron chi connectivity index (χ1n) is 9.86. The van der Waals surface area contributed by atoms with Crippen LogP contribution in [0.25, 0.3) is 10.6 Å². The lowest BCUT2D eigenvalue weighted by atomic mass is 9.99. The van der Waals surface area contributed by atoms with Gasteiger partial charge in [0.25, 0.3) is 5.91 Å². The van der Waals surface area contributed by atoms with Gasteiger partial charge in [-0.15, -0.1) is 11.3 Å². The second-order valence-corrected chi connectivity index (χ2v) is 8.56. The van der Waals surface area contributed by atoms with E-state index in [1.54, 1.807) is 13.1 Å². The zero-order chi connectivity index (χ0) is 21.3. The molecule has 5 nitrogen and oxygen atoms in total. The average molecular weight is 429 g/mol. The van der Waals surface area contributed by atoms with E-state index in [9.17, 15) is 13.6 Å². The number of aromatic nitrogens is 2. The van der Waals surface area contributed by atoms with Crippen molar-refractivity contribution in [3.05, 3.63) is 58.7 Å². The normalized spacial score (nSPS) is 14.7. The number of halogens is 2. The van der Waals surface area contributed by atoms with Gasteiger partial charge in [0.05, 0.1) is 23.1 Å². The van der Waals surface area contributed by atoms with Crippen LogP contribution >= 0.6 is 11.3 Å². The van der Waals surface area contributed by atoms with E-state index in [0.29, 0.717) is 16.3 Å². The predicted molar refractivity (Wildman–Crippen MR) is 115 cm³/mol. The Labute approximate surface area is 177 Å². The van der Waals surface area contributed by atoms with Crippen molar-refractivity contribution in [2.75, 3.05) is 23.3 Å². The minimum Gasteiger partial charge on any atom is -0.357 e. The third-order valence-corrected chi connectivity index (χ3v) is 6.47.